The molecule has 0 spiro atoms. The Bertz CT molecular complexity index is 394. The topological polar surface area (TPSA) is 35.8 Å². The number of allylic oxidation sites excluding steroid dienone is 1. The van der Waals surface area contributed by atoms with Crippen LogP contribution in [0.3, 0.4) is 0 Å². The van der Waals surface area contributed by atoms with Crippen LogP contribution in [0.2, 0.25) is 5.02 Å². The molecule has 0 saturated carbocycles. The number of benzene rings is 1. The Morgan fingerprint density at radius 3 is 2.87 bits per heavy atom. The number of nitrogens with zero attached hydrogens (tertiary/aromatic N) is 1. The van der Waals surface area contributed by atoms with Crippen LogP contribution in [-0.4, -0.2) is 12.4 Å². The highest BCUT2D eigenvalue weighted by Crippen LogP contribution is 2.22. The third kappa shape index (κ3) is 3.83. The van der Waals surface area contributed by atoms with Crippen molar-refractivity contribution in [2.75, 3.05) is 17.7 Å². The van der Waals surface area contributed by atoms with Crippen molar-refractivity contribution in [2.24, 2.45) is 0 Å². The van der Waals surface area contributed by atoms with Gasteiger partial charge in [0.2, 0.25) is 0 Å². The quantitative estimate of drug-likeness (QED) is 0.647. The van der Waals surface area contributed by atoms with Crippen LogP contribution in [0.5, 0.6) is 0 Å². The van der Waals surface area contributed by atoms with Gasteiger partial charge >= 0.3 is 0 Å². The van der Waals surface area contributed by atoms with Crippen molar-refractivity contribution >= 4 is 28.9 Å². The van der Waals surface area contributed by atoms with Crippen LogP contribution in [-0.2, 0) is 0 Å². The third-order valence-corrected chi connectivity index (χ3v) is 2.27. The molecule has 15 heavy (non-hydrogen) atoms. The molecule has 0 aliphatic carbocycles. The van der Waals surface area contributed by atoms with E-state index in [2.05, 4.69) is 11.4 Å². The van der Waals surface area contributed by atoms with E-state index >= 15 is 0 Å². The smallest absolute Gasteiger partial charge is 0.0992 e. The first-order valence-electron chi connectivity index (χ1n) is 4.42. The first-order valence-corrected chi connectivity index (χ1v) is 5.33. The highest BCUT2D eigenvalue weighted by atomic mass is 35.5. The molecule has 0 radical (unpaired) electrons. The normalized spacial score (nSPS) is 10.2. The predicted octanol–water partition coefficient (Wildman–Crippen LogP) is 3.42. The van der Waals surface area contributed by atoms with E-state index in [-0.39, 0.29) is 0 Å². The van der Waals surface area contributed by atoms with Gasteiger partial charge in [0.05, 0.1) is 22.3 Å². The van der Waals surface area contributed by atoms with E-state index in [1.807, 2.05) is 12.2 Å². The molecule has 1 aromatic rings. The highest BCUT2D eigenvalue weighted by molar-refractivity contribution is 6.33. The van der Waals surface area contributed by atoms with Crippen molar-refractivity contribution in [3.8, 4) is 6.07 Å². The zero-order chi connectivity index (χ0) is 11.1. The Balaban J connectivity index is 2.68. The summed E-state index contributed by atoms with van der Waals surface area (Å²) in [6, 6.07) is 7.16. The lowest BCUT2D eigenvalue weighted by Gasteiger charge is -2.05. The molecule has 0 unspecified atom stereocenters. The molecular weight excluding hydrogens is 231 g/mol. The van der Waals surface area contributed by atoms with Gasteiger partial charge in [0, 0.05) is 12.4 Å². The molecule has 0 bridgehead atoms. The molecule has 0 aliphatic rings. The molecule has 0 saturated heterocycles. The minimum atomic E-state index is 0.494. The molecule has 0 amide bonds. The van der Waals surface area contributed by atoms with Gasteiger partial charge in [-0.25, -0.2) is 0 Å². The van der Waals surface area contributed by atoms with Crippen LogP contribution in [0.1, 0.15) is 5.56 Å². The zero-order valence-corrected chi connectivity index (χ0v) is 9.52. The largest absolute Gasteiger partial charge is 0.380 e. The van der Waals surface area contributed by atoms with E-state index in [0.29, 0.717) is 23.0 Å². The first-order chi connectivity index (χ1) is 7.27. The fourth-order valence-corrected chi connectivity index (χ4v) is 1.36. The maximum absolute atomic E-state index is 8.71. The van der Waals surface area contributed by atoms with E-state index in [0.717, 1.165) is 5.69 Å². The molecule has 1 N–H and O–H groups in total. The van der Waals surface area contributed by atoms with Crippen molar-refractivity contribution < 1.29 is 0 Å². The molecule has 2 nitrogen and oxygen atoms in total. The summed E-state index contributed by atoms with van der Waals surface area (Å²) in [4.78, 5) is 0. The van der Waals surface area contributed by atoms with Crippen LogP contribution >= 0.6 is 23.2 Å². The number of nitrogens with one attached hydrogen (secondary N) is 1. The minimum absolute atomic E-state index is 0.494. The number of hydrogen-bond acceptors (Lipinski definition) is 2. The average molecular weight is 241 g/mol. The van der Waals surface area contributed by atoms with Crippen molar-refractivity contribution in [3.05, 3.63) is 40.9 Å². The third-order valence-electron chi connectivity index (χ3n) is 1.76. The zero-order valence-electron chi connectivity index (χ0n) is 8.00. The van der Waals surface area contributed by atoms with E-state index in [1.165, 1.54) is 0 Å². The van der Waals surface area contributed by atoms with Gasteiger partial charge in [-0.1, -0.05) is 23.8 Å². The summed E-state index contributed by atoms with van der Waals surface area (Å²) in [6.07, 6.45) is 3.75. The first kappa shape index (κ1) is 11.9. The average Bonchev–Trinajstić information content (AvgIpc) is 2.26. The molecule has 1 rings (SSSR count). The lowest BCUT2D eigenvalue weighted by molar-refractivity contribution is 1.32. The standard InChI is InChI=1S/C11H10Cl2N2/c12-5-1-2-6-15-11-7-9(8-14)3-4-10(11)13/h1-4,7,15H,5-6H2/b2-1+. The van der Waals surface area contributed by atoms with Crippen molar-refractivity contribution in [1.29, 1.82) is 5.26 Å². The maximum atomic E-state index is 8.71. The van der Waals surface area contributed by atoms with Crippen LogP contribution in [0.25, 0.3) is 0 Å². The molecule has 0 aromatic heterocycles. The fraction of sp³-hybridized carbons (Fsp3) is 0.182. The summed E-state index contributed by atoms with van der Waals surface area (Å²) < 4.78 is 0. The second-order valence-electron chi connectivity index (χ2n) is 2.81. The molecule has 0 heterocycles. The second-order valence-corrected chi connectivity index (χ2v) is 3.53. The van der Waals surface area contributed by atoms with Crippen LogP contribution in [0.15, 0.2) is 30.4 Å². The van der Waals surface area contributed by atoms with Gasteiger partial charge in [-0.2, -0.15) is 5.26 Å². The Kier molecular flexibility index (Phi) is 5.03. The number of hydrogen-bond donors (Lipinski definition) is 1. The molecule has 0 atom stereocenters. The molecular formula is C11H10Cl2N2. The van der Waals surface area contributed by atoms with Gasteiger partial charge in [0.25, 0.3) is 0 Å². The summed E-state index contributed by atoms with van der Waals surface area (Å²) >= 11 is 11.4. The van der Waals surface area contributed by atoms with Gasteiger partial charge in [0.15, 0.2) is 0 Å². The minimum Gasteiger partial charge on any atom is -0.380 e. The Morgan fingerprint density at radius 1 is 1.40 bits per heavy atom. The summed E-state index contributed by atoms with van der Waals surface area (Å²) in [6.45, 7) is 0.640. The van der Waals surface area contributed by atoms with Crippen molar-refractivity contribution in [1.82, 2.24) is 0 Å². The Hall–Kier alpha value is -1.17. The van der Waals surface area contributed by atoms with Gasteiger partial charge in [-0.3, -0.25) is 0 Å². The van der Waals surface area contributed by atoms with Gasteiger partial charge in [0.1, 0.15) is 0 Å². The van der Waals surface area contributed by atoms with E-state index in [1.54, 1.807) is 18.2 Å². The van der Waals surface area contributed by atoms with Gasteiger partial charge < -0.3 is 5.32 Å². The molecule has 0 aliphatic heterocycles. The number of rotatable bonds is 4. The lowest BCUT2D eigenvalue weighted by Crippen LogP contribution is -1.99. The highest BCUT2D eigenvalue weighted by Gasteiger charge is 1.99. The fourth-order valence-electron chi connectivity index (χ4n) is 1.05. The number of anilines is 1. The monoisotopic (exact) mass is 240 g/mol. The van der Waals surface area contributed by atoms with Gasteiger partial charge in [-0.05, 0) is 18.2 Å². The van der Waals surface area contributed by atoms with Crippen molar-refractivity contribution in [3.63, 3.8) is 0 Å². The molecule has 78 valence electrons. The summed E-state index contributed by atoms with van der Waals surface area (Å²) in [5.41, 5.74) is 1.35. The summed E-state index contributed by atoms with van der Waals surface area (Å²) in [7, 11) is 0. The number of alkyl halides is 1. The van der Waals surface area contributed by atoms with Crippen LogP contribution < -0.4 is 5.32 Å². The Labute approximate surface area is 99.1 Å². The molecule has 1 aromatic carbocycles. The SMILES string of the molecule is N#Cc1ccc(Cl)c(NC/C=C/CCl)c1. The maximum Gasteiger partial charge on any atom is 0.0992 e. The second kappa shape index (κ2) is 6.34. The van der Waals surface area contributed by atoms with Crippen molar-refractivity contribution in [2.45, 2.75) is 0 Å². The lowest BCUT2D eigenvalue weighted by atomic mass is 10.2. The number of nitriles is 1. The number of halogens is 2. The van der Waals surface area contributed by atoms with Crippen LogP contribution in [0.4, 0.5) is 5.69 Å². The van der Waals surface area contributed by atoms with Gasteiger partial charge in [-0.15, -0.1) is 11.6 Å². The molecule has 0 fully saturated rings. The predicted molar refractivity (Wildman–Crippen MR) is 64.5 cm³/mol. The van der Waals surface area contributed by atoms with E-state index in [9.17, 15) is 0 Å². The van der Waals surface area contributed by atoms with E-state index < -0.39 is 0 Å². The Morgan fingerprint density at radius 2 is 2.20 bits per heavy atom. The summed E-state index contributed by atoms with van der Waals surface area (Å²) in [5, 5.41) is 12.4. The summed E-state index contributed by atoms with van der Waals surface area (Å²) in [5.74, 6) is 0.494. The molecule has 4 heteroatoms. The van der Waals surface area contributed by atoms with E-state index in [4.69, 9.17) is 28.5 Å². The van der Waals surface area contributed by atoms with Crippen LogP contribution in [0, 0.1) is 11.3 Å².